The minimum absolute atomic E-state index is 0.0992. The van der Waals surface area contributed by atoms with Crippen LogP contribution in [0.1, 0.15) is 10.4 Å². The highest BCUT2D eigenvalue weighted by atomic mass is 32.1. The van der Waals surface area contributed by atoms with E-state index in [9.17, 15) is 4.79 Å². The summed E-state index contributed by atoms with van der Waals surface area (Å²) < 4.78 is 0. The number of hydrogen-bond donors (Lipinski definition) is 2. The number of carbonyl (C=O) groups is 1. The number of nitrogens with one attached hydrogen (secondary N) is 2. The summed E-state index contributed by atoms with van der Waals surface area (Å²) in [5.74, 6) is 0.987. The highest BCUT2D eigenvalue weighted by molar-refractivity contribution is 7.10. The summed E-state index contributed by atoms with van der Waals surface area (Å²) in [6.07, 6.45) is 3.87. The van der Waals surface area contributed by atoms with Gasteiger partial charge in [0.05, 0.1) is 6.42 Å². The molecule has 1 amide bonds. The Bertz CT molecular complexity index is 744. The molecule has 7 heteroatoms. The number of aromatic nitrogens is 3. The molecule has 3 aromatic heterocycles. The van der Waals surface area contributed by atoms with Gasteiger partial charge in [-0.15, -0.1) is 21.5 Å². The lowest BCUT2D eigenvalue weighted by molar-refractivity contribution is -0.115. The molecular formula is C16H15N5OS. The number of pyridine rings is 1. The maximum atomic E-state index is 11.9. The Morgan fingerprint density at radius 3 is 2.65 bits per heavy atom. The highest BCUT2D eigenvalue weighted by Crippen LogP contribution is 2.11. The van der Waals surface area contributed by atoms with E-state index in [1.165, 1.54) is 0 Å². The molecule has 0 unspecified atom stereocenters. The van der Waals surface area contributed by atoms with Crippen LogP contribution in [0.4, 0.5) is 11.6 Å². The Kier molecular flexibility index (Phi) is 4.90. The molecule has 0 bridgehead atoms. The largest absolute Gasteiger partial charge is 0.364 e. The first-order valence-corrected chi connectivity index (χ1v) is 7.96. The molecule has 0 saturated heterocycles. The Labute approximate surface area is 137 Å². The maximum absolute atomic E-state index is 11.9. The van der Waals surface area contributed by atoms with Crippen molar-refractivity contribution in [3.63, 3.8) is 0 Å². The third-order valence-corrected chi connectivity index (χ3v) is 3.92. The summed E-state index contributed by atoms with van der Waals surface area (Å²) in [5.41, 5.74) is 1.06. The van der Waals surface area contributed by atoms with Crippen molar-refractivity contribution in [2.24, 2.45) is 0 Å². The first-order chi connectivity index (χ1) is 11.3. The summed E-state index contributed by atoms with van der Waals surface area (Å²) in [6.45, 7) is 0.618. The number of nitrogens with zero attached hydrogens (tertiary/aromatic N) is 3. The lowest BCUT2D eigenvalue weighted by Crippen LogP contribution is -2.15. The lowest BCUT2D eigenvalue weighted by atomic mass is 10.3. The second-order valence-electron chi connectivity index (χ2n) is 4.82. The summed E-state index contributed by atoms with van der Waals surface area (Å²) in [7, 11) is 0. The van der Waals surface area contributed by atoms with Crippen LogP contribution in [0.15, 0.2) is 54.2 Å². The lowest BCUT2D eigenvalue weighted by Gasteiger charge is -2.06. The minimum Gasteiger partial charge on any atom is -0.364 e. The highest BCUT2D eigenvalue weighted by Gasteiger charge is 2.06. The van der Waals surface area contributed by atoms with Crippen LogP contribution in [-0.2, 0) is 17.8 Å². The Hall–Kier alpha value is -2.80. The molecular weight excluding hydrogens is 310 g/mol. The van der Waals surface area contributed by atoms with Gasteiger partial charge >= 0.3 is 0 Å². The van der Waals surface area contributed by atoms with E-state index >= 15 is 0 Å². The van der Waals surface area contributed by atoms with Gasteiger partial charge in [0.1, 0.15) is 5.82 Å². The van der Waals surface area contributed by atoms with Crippen molar-refractivity contribution in [1.82, 2.24) is 15.2 Å². The van der Waals surface area contributed by atoms with E-state index < -0.39 is 0 Å². The quantitative estimate of drug-likeness (QED) is 0.728. The molecule has 0 aliphatic carbocycles. The Morgan fingerprint density at radius 1 is 1.09 bits per heavy atom. The molecule has 0 saturated carbocycles. The van der Waals surface area contributed by atoms with E-state index in [1.54, 1.807) is 35.9 Å². The molecule has 0 aliphatic heterocycles. The van der Waals surface area contributed by atoms with Gasteiger partial charge in [-0.3, -0.25) is 9.78 Å². The molecule has 116 valence electrons. The number of anilines is 2. The summed E-state index contributed by atoms with van der Waals surface area (Å²) in [6, 6.07) is 11.2. The standard InChI is InChI=1S/C16H15N5OS/c22-16(9-13-4-2-8-23-13)19-15-6-5-14(20-21-15)18-11-12-3-1-7-17-10-12/h1-8,10H,9,11H2,(H,18,20)(H,19,21,22). The predicted molar refractivity (Wildman–Crippen MR) is 90.2 cm³/mol. The van der Waals surface area contributed by atoms with E-state index in [2.05, 4.69) is 25.8 Å². The van der Waals surface area contributed by atoms with E-state index in [4.69, 9.17) is 0 Å². The van der Waals surface area contributed by atoms with Gasteiger partial charge in [-0.05, 0) is 35.2 Å². The van der Waals surface area contributed by atoms with Crippen molar-refractivity contribution in [1.29, 1.82) is 0 Å². The second-order valence-corrected chi connectivity index (χ2v) is 5.86. The van der Waals surface area contributed by atoms with Crippen LogP contribution in [-0.4, -0.2) is 21.1 Å². The molecule has 23 heavy (non-hydrogen) atoms. The van der Waals surface area contributed by atoms with Crippen LogP contribution >= 0.6 is 11.3 Å². The van der Waals surface area contributed by atoms with Crippen molar-refractivity contribution in [2.45, 2.75) is 13.0 Å². The maximum Gasteiger partial charge on any atom is 0.230 e. The molecule has 0 aromatic carbocycles. The van der Waals surface area contributed by atoms with Crippen molar-refractivity contribution in [3.8, 4) is 0 Å². The SMILES string of the molecule is O=C(Cc1cccs1)Nc1ccc(NCc2cccnc2)nn1. The molecule has 6 nitrogen and oxygen atoms in total. The Morgan fingerprint density at radius 2 is 1.96 bits per heavy atom. The van der Waals surface area contributed by atoms with Gasteiger partial charge in [0.15, 0.2) is 5.82 Å². The molecule has 0 fully saturated rings. The number of rotatable bonds is 6. The van der Waals surface area contributed by atoms with Crippen molar-refractivity contribution in [3.05, 3.63) is 64.6 Å². The molecule has 3 aromatic rings. The van der Waals surface area contributed by atoms with Gasteiger partial charge in [0, 0.05) is 23.8 Å². The summed E-state index contributed by atoms with van der Waals surface area (Å²) >= 11 is 1.56. The smallest absolute Gasteiger partial charge is 0.230 e. The zero-order valence-corrected chi connectivity index (χ0v) is 13.1. The second kappa shape index (κ2) is 7.46. The van der Waals surface area contributed by atoms with Crippen LogP contribution < -0.4 is 10.6 Å². The van der Waals surface area contributed by atoms with E-state index in [0.717, 1.165) is 10.4 Å². The van der Waals surface area contributed by atoms with E-state index in [0.29, 0.717) is 24.6 Å². The van der Waals surface area contributed by atoms with Crippen LogP contribution in [0.25, 0.3) is 0 Å². The van der Waals surface area contributed by atoms with Gasteiger partial charge in [-0.1, -0.05) is 12.1 Å². The number of thiophene rings is 1. The van der Waals surface area contributed by atoms with Gasteiger partial charge in [-0.2, -0.15) is 0 Å². The molecule has 3 rings (SSSR count). The summed E-state index contributed by atoms with van der Waals surface area (Å²) in [5, 5.41) is 15.9. The third-order valence-electron chi connectivity index (χ3n) is 3.04. The van der Waals surface area contributed by atoms with Crippen molar-refractivity contribution < 1.29 is 4.79 Å². The number of amides is 1. The Balaban J connectivity index is 1.51. The predicted octanol–water partition coefficient (Wildman–Crippen LogP) is 2.73. The fraction of sp³-hybridized carbons (Fsp3) is 0.125. The average Bonchev–Trinajstić information content (AvgIpc) is 3.08. The van der Waals surface area contributed by atoms with E-state index in [1.807, 2.05) is 29.6 Å². The molecule has 0 aliphatic rings. The van der Waals surface area contributed by atoms with Gasteiger partial charge in [0.2, 0.25) is 5.91 Å². The number of carbonyl (C=O) groups excluding carboxylic acids is 1. The molecule has 3 heterocycles. The van der Waals surface area contributed by atoms with Crippen molar-refractivity contribution in [2.75, 3.05) is 10.6 Å². The van der Waals surface area contributed by atoms with Crippen molar-refractivity contribution >= 4 is 28.9 Å². The van der Waals surface area contributed by atoms with Gasteiger partial charge in [-0.25, -0.2) is 0 Å². The molecule has 0 spiro atoms. The normalized spacial score (nSPS) is 10.3. The summed E-state index contributed by atoms with van der Waals surface area (Å²) in [4.78, 5) is 17.0. The zero-order valence-electron chi connectivity index (χ0n) is 12.3. The van der Waals surface area contributed by atoms with Gasteiger partial charge < -0.3 is 10.6 Å². The van der Waals surface area contributed by atoms with Gasteiger partial charge in [0.25, 0.3) is 0 Å². The fourth-order valence-electron chi connectivity index (χ4n) is 1.95. The first kappa shape index (κ1) is 15.1. The monoisotopic (exact) mass is 325 g/mol. The zero-order chi connectivity index (χ0) is 15.9. The first-order valence-electron chi connectivity index (χ1n) is 7.08. The molecule has 2 N–H and O–H groups in total. The van der Waals surface area contributed by atoms with Crippen LogP contribution in [0, 0.1) is 0 Å². The molecule has 0 radical (unpaired) electrons. The molecule has 0 atom stereocenters. The topological polar surface area (TPSA) is 79.8 Å². The fourth-order valence-corrected chi connectivity index (χ4v) is 2.65. The van der Waals surface area contributed by atoms with Crippen LogP contribution in [0.2, 0.25) is 0 Å². The van der Waals surface area contributed by atoms with E-state index in [-0.39, 0.29) is 5.91 Å². The van der Waals surface area contributed by atoms with Crippen LogP contribution in [0.5, 0.6) is 0 Å². The third kappa shape index (κ3) is 4.58. The number of hydrogen-bond acceptors (Lipinski definition) is 6. The van der Waals surface area contributed by atoms with Crippen LogP contribution in [0.3, 0.4) is 0 Å². The minimum atomic E-state index is -0.0992. The average molecular weight is 325 g/mol.